The molecule has 3 heterocycles. The Bertz CT molecular complexity index is 2590. The van der Waals surface area contributed by atoms with Crippen LogP contribution in [-0.4, -0.2) is 184 Å². The Morgan fingerprint density at radius 2 is 1.15 bits per heavy atom. The van der Waals surface area contributed by atoms with E-state index in [2.05, 4.69) is 46.6 Å². The van der Waals surface area contributed by atoms with Crippen molar-refractivity contribution < 1.29 is 53.4 Å². The molecule has 0 aromatic heterocycles. The fourth-order valence-corrected chi connectivity index (χ4v) is 9.68. The van der Waals surface area contributed by atoms with Crippen molar-refractivity contribution in [2.45, 2.75) is 125 Å². The highest BCUT2D eigenvalue weighted by molar-refractivity contribution is 5.98. The van der Waals surface area contributed by atoms with E-state index in [1.165, 1.54) is 21.9 Å². The van der Waals surface area contributed by atoms with Crippen LogP contribution in [0, 0.1) is 0 Å². The highest BCUT2D eigenvalue weighted by atomic mass is 16.4. The lowest BCUT2D eigenvalue weighted by Crippen LogP contribution is -2.60. The summed E-state index contributed by atoms with van der Waals surface area (Å²) in [6, 6.07) is 5.00. The molecule has 8 amide bonds. The number of guanidine groups is 2. The van der Waals surface area contributed by atoms with E-state index in [-0.39, 0.29) is 82.3 Å². The maximum absolute atomic E-state index is 14.2. The van der Waals surface area contributed by atoms with Gasteiger partial charge in [0, 0.05) is 56.2 Å². The minimum atomic E-state index is -1.62. The molecular weight excluding hydrogens is 1030 g/mol. The predicted molar refractivity (Wildman–Crippen MR) is 287 cm³/mol. The maximum Gasteiger partial charge on any atom is 0.326 e. The van der Waals surface area contributed by atoms with Crippen LogP contribution in [0.25, 0.3) is 10.4 Å². The number of amides is 8. The van der Waals surface area contributed by atoms with Crippen molar-refractivity contribution in [3.63, 3.8) is 0 Å². The number of aliphatic imine (C=N–C) groups is 2. The van der Waals surface area contributed by atoms with E-state index in [4.69, 9.17) is 34.2 Å². The fraction of sp³-hybridized carbons (Fsp3) is 0.540. The lowest BCUT2D eigenvalue weighted by molar-refractivity contribution is -0.147. The topological polar surface area (TPSA) is 468 Å². The number of carboxylic acids is 1. The van der Waals surface area contributed by atoms with Crippen LogP contribution in [0.4, 0.5) is 5.69 Å². The van der Waals surface area contributed by atoms with Crippen LogP contribution >= 0.6 is 0 Å². The molecule has 0 spiro atoms. The molecule has 17 N–H and O–H groups in total. The Balaban J connectivity index is 1.23. The Kier molecular flexibility index (Phi) is 23.6. The first kappa shape index (κ1) is 61.3. The first-order chi connectivity index (χ1) is 37.8. The molecule has 0 bridgehead atoms. The molecule has 3 fully saturated rings. The first-order valence-corrected chi connectivity index (χ1v) is 26.1. The van der Waals surface area contributed by atoms with Gasteiger partial charge in [-0.3, -0.25) is 48.3 Å². The van der Waals surface area contributed by atoms with Crippen LogP contribution < -0.4 is 55.3 Å². The fourth-order valence-electron chi connectivity index (χ4n) is 9.68. The second kappa shape index (κ2) is 30.4. The number of nitrogens with one attached hydrogen (secondary N) is 5. The van der Waals surface area contributed by atoms with E-state index in [0.717, 1.165) is 4.90 Å². The number of aliphatic hydroxyl groups is 1. The molecule has 29 nitrogen and oxygen atoms in total. The van der Waals surface area contributed by atoms with E-state index in [0.29, 0.717) is 56.2 Å². The van der Waals surface area contributed by atoms with E-state index >= 15 is 0 Å². The molecule has 3 aliphatic rings. The molecular formula is C50H72N18O11. The van der Waals surface area contributed by atoms with Gasteiger partial charge < -0.3 is 80.2 Å². The number of carboxylic acid groups (broad SMARTS) is 1. The molecule has 0 saturated carbocycles. The van der Waals surface area contributed by atoms with Crippen molar-refractivity contribution in [1.29, 1.82) is 0 Å². The number of rotatable bonds is 28. The summed E-state index contributed by atoms with van der Waals surface area (Å²) in [5, 5.41) is 36.8. The van der Waals surface area contributed by atoms with Gasteiger partial charge in [0.15, 0.2) is 11.9 Å². The summed E-state index contributed by atoms with van der Waals surface area (Å²) in [6.45, 7) is -0.589. The van der Waals surface area contributed by atoms with Crippen molar-refractivity contribution in [3.05, 3.63) is 76.2 Å². The molecule has 3 aliphatic heterocycles. The van der Waals surface area contributed by atoms with Gasteiger partial charge in [-0.2, -0.15) is 0 Å². The van der Waals surface area contributed by atoms with Crippen molar-refractivity contribution in [1.82, 2.24) is 41.3 Å². The monoisotopic (exact) mass is 1100 g/mol. The lowest BCUT2D eigenvalue weighted by Gasteiger charge is -2.32. The molecule has 8 atom stereocenters. The first-order valence-electron chi connectivity index (χ1n) is 26.1. The van der Waals surface area contributed by atoms with E-state index in [1.54, 1.807) is 42.5 Å². The van der Waals surface area contributed by atoms with Crippen molar-refractivity contribution in [2.24, 2.45) is 43.8 Å². The number of carbonyl (C=O) groups is 9. The number of nitrogens with zero attached hydrogens (tertiary/aromatic N) is 8. The summed E-state index contributed by atoms with van der Waals surface area (Å²) in [5.41, 5.74) is 37.9. The van der Waals surface area contributed by atoms with Gasteiger partial charge in [0.2, 0.25) is 47.3 Å². The van der Waals surface area contributed by atoms with Crippen LogP contribution in [0.15, 0.2) is 69.7 Å². The van der Waals surface area contributed by atoms with E-state index in [9.17, 15) is 53.4 Å². The van der Waals surface area contributed by atoms with Gasteiger partial charge in [-0.05, 0) is 80.9 Å². The number of carbonyl (C=O) groups excluding carboxylic acids is 8. The number of aliphatic carboxylic acids is 1. The van der Waals surface area contributed by atoms with Crippen LogP contribution in [0.3, 0.4) is 0 Å². The number of benzene rings is 2. The van der Waals surface area contributed by atoms with Crippen LogP contribution in [0.2, 0.25) is 0 Å². The van der Waals surface area contributed by atoms with Gasteiger partial charge in [0.05, 0.1) is 19.2 Å². The van der Waals surface area contributed by atoms with Gasteiger partial charge in [0.25, 0.3) is 0 Å². The van der Waals surface area contributed by atoms with E-state index < -0.39 is 115 Å². The summed E-state index contributed by atoms with van der Waals surface area (Å²) in [4.78, 5) is 137. The van der Waals surface area contributed by atoms with Gasteiger partial charge in [-0.25, -0.2) is 4.79 Å². The third kappa shape index (κ3) is 18.3. The lowest BCUT2D eigenvalue weighted by atomic mass is 10.0. The molecule has 0 unspecified atom stereocenters. The molecule has 0 aliphatic carbocycles. The molecule has 29 heteroatoms. The summed E-state index contributed by atoms with van der Waals surface area (Å²) >= 11 is 0. The zero-order valence-corrected chi connectivity index (χ0v) is 43.8. The van der Waals surface area contributed by atoms with Gasteiger partial charge >= 0.3 is 5.97 Å². The molecule has 2 aromatic carbocycles. The molecule has 3 saturated heterocycles. The Morgan fingerprint density at radius 1 is 0.633 bits per heavy atom. The van der Waals surface area contributed by atoms with Crippen molar-refractivity contribution in [3.8, 4) is 0 Å². The normalized spacial score (nSPS) is 18.6. The van der Waals surface area contributed by atoms with Crippen molar-refractivity contribution >= 4 is 70.8 Å². The third-order valence-electron chi connectivity index (χ3n) is 13.7. The second-order valence-electron chi connectivity index (χ2n) is 19.4. The SMILES string of the molecule is [N-]=[N+]=Nc1ccc(C[C@H](NC(=O)[C@@H]2CCCN2C(=O)[C@H](CO)NC(=O)[C@H](Cc2ccccc2)NC(=O)CNC(=O)[C@@H]2CCCN2C(=O)[C@@H]2CCCN2C(=O)[C@@H](N)CCCN=C(N)N)C(=O)N[C@@H](CCCN=C(N)N)C(=O)O)cc1. The minimum absolute atomic E-state index is 0.0137. The van der Waals surface area contributed by atoms with Crippen LogP contribution in [0.5, 0.6) is 0 Å². The molecule has 5 rings (SSSR count). The van der Waals surface area contributed by atoms with Crippen LogP contribution in [0.1, 0.15) is 75.3 Å². The summed E-state index contributed by atoms with van der Waals surface area (Å²) in [7, 11) is 0. The van der Waals surface area contributed by atoms with Crippen LogP contribution in [-0.2, 0) is 56.0 Å². The second-order valence-corrected chi connectivity index (χ2v) is 19.4. The van der Waals surface area contributed by atoms with E-state index in [1.807, 2.05) is 0 Å². The summed E-state index contributed by atoms with van der Waals surface area (Å²) < 4.78 is 0. The number of hydrogen-bond acceptors (Lipinski definition) is 14. The number of aliphatic hydroxyl groups excluding tert-OH is 1. The largest absolute Gasteiger partial charge is 0.480 e. The van der Waals surface area contributed by atoms with Gasteiger partial charge in [-0.15, -0.1) is 0 Å². The summed E-state index contributed by atoms with van der Waals surface area (Å²) in [5.74, 6) is -7.25. The highest BCUT2D eigenvalue weighted by Gasteiger charge is 2.44. The maximum atomic E-state index is 14.2. The minimum Gasteiger partial charge on any atom is -0.480 e. The molecule has 428 valence electrons. The number of hydrogen-bond donors (Lipinski definition) is 12. The highest BCUT2D eigenvalue weighted by Crippen LogP contribution is 2.26. The quantitative estimate of drug-likeness (QED) is 0.0101. The standard InChI is InChI=1S/C50H72N18O11/c51-32(11-4-20-57-49(52)53)45(75)68-24-8-15-39(68)47(77)67-23-6-13-37(67)43(73)59-27-40(70)60-34(25-29-9-2-1-3-10-29)41(71)63-36(28-69)46(76)66-22-7-14-38(66)44(74)62-35(26-30-16-18-31(19-17-30)64-65-56)42(72)61-33(48(78)79)12-5-21-58-50(54)55/h1-3,9-10,16-19,32-39,69H,4-8,11-15,20-28,51H2,(H,59,73)(H,60,70)(H,61,72)(H,62,74)(H,63,71)(H,78,79)(H4,52,53,57)(H4,54,55,58)/t32-,33-,34-,35-,36-,37-,38-,39-/m0/s1. The third-order valence-corrected chi connectivity index (χ3v) is 13.7. The predicted octanol–water partition coefficient (Wildman–Crippen LogP) is -3.05. The van der Waals surface area contributed by atoms with Crippen molar-refractivity contribution in [2.75, 3.05) is 45.9 Å². The number of azide groups is 1. The Morgan fingerprint density at radius 3 is 1.72 bits per heavy atom. The smallest absolute Gasteiger partial charge is 0.326 e. The zero-order valence-electron chi connectivity index (χ0n) is 43.8. The van der Waals surface area contributed by atoms with Gasteiger partial charge in [0.1, 0.15) is 42.3 Å². The average molecular weight is 1100 g/mol. The Hall–Kier alpha value is -8.56. The number of nitrogens with two attached hydrogens (primary N) is 5. The molecule has 2 aromatic rings. The number of likely N-dealkylation sites (tertiary alicyclic amines) is 3. The Labute approximate surface area is 455 Å². The summed E-state index contributed by atoms with van der Waals surface area (Å²) in [6.07, 6.45) is 2.75. The zero-order chi connectivity index (χ0) is 57.6. The molecule has 79 heavy (non-hydrogen) atoms. The average Bonchev–Trinajstić information content (AvgIpc) is 4.25. The van der Waals surface area contributed by atoms with Gasteiger partial charge in [-0.1, -0.05) is 59.7 Å². The molecule has 0 radical (unpaired) electrons.